The summed E-state index contributed by atoms with van der Waals surface area (Å²) in [5.74, 6) is 0.760. The number of fused-ring (bicyclic) bond motifs is 3. The number of ether oxygens (including phenoxy) is 1. The molecule has 0 aliphatic carbocycles. The Kier molecular flexibility index (Phi) is 4.48. The Balaban J connectivity index is 1.83. The van der Waals surface area contributed by atoms with Crippen LogP contribution < -0.4 is 20.9 Å². The summed E-state index contributed by atoms with van der Waals surface area (Å²) in [7, 11) is 1.63. The molecule has 1 atom stereocenters. The van der Waals surface area contributed by atoms with Gasteiger partial charge in [-0.05, 0) is 48.1 Å². The molecule has 0 fully saturated rings. The normalized spacial score (nSPS) is 15.2. The maximum Gasteiger partial charge on any atom is 0.263 e. The van der Waals surface area contributed by atoms with Crippen molar-refractivity contribution in [2.45, 2.75) is 6.04 Å². The highest BCUT2D eigenvalue weighted by Crippen LogP contribution is 2.35. The van der Waals surface area contributed by atoms with Gasteiger partial charge in [0.2, 0.25) is 0 Å². The van der Waals surface area contributed by atoms with Gasteiger partial charge in [-0.1, -0.05) is 48.5 Å². The summed E-state index contributed by atoms with van der Waals surface area (Å²) in [6.07, 6.45) is 0. The first-order valence-electron chi connectivity index (χ1n) is 9.62. The summed E-state index contributed by atoms with van der Waals surface area (Å²) in [5.41, 5.74) is 3.90. The summed E-state index contributed by atoms with van der Waals surface area (Å²) in [4.78, 5) is 13.9. The largest absolute Gasteiger partial charge is 0.497 e. The van der Waals surface area contributed by atoms with Crippen molar-refractivity contribution < 1.29 is 4.74 Å². The van der Waals surface area contributed by atoms with Crippen molar-refractivity contribution in [2.75, 3.05) is 12.4 Å². The smallest absolute Gasteiger partial charge is 0.263 e. The van der Waals surface area contributed by atoms with E-state index in [1.807, 2.05) is 78.9 Å². The van der Waals surface area contributed by atoms with Crippen LogP contribution in [0.4, 0.5) is 5.69 Å². The number of nitrogens with zero attached hydrogens (tertiary/aromatic N) is 1. The highest BCUT2D eigenvalue weighted by Gasteiger charge is 2.30. The minimum atomic E-state index is -0.369. The van der Waals surface area contributed by atoms with Crippen LogP contribution in [-0.2, 0) is 0 Å². The fourth-order valence-corrected chi connectivity index (χ4v) is 4.22. The minimum absolute atomic E-state index is 0.0850. The molecule has 2 heterocycles. The molecule has 0 saturated heterocycles. The molecule has 148 valence electrons. The maximum atomic E-state index is 13.9. The Morgan fingerprint density at radius 2 is 1.63 bits per heavy atom. The number of hydrogen-bond donors (Lipinski definition) is 2. The number of hydrogen-bond acceptors (Lipinski definition) is 3. The van der Waals surface area contributed by atoms with Gasteiger partial charge < -0.3 is 15.4 Å². The number of para-hydroxylation sites is 2. The molecule has 4 aromatic rings. The molecule has 5 rings (SSSR count). The van der Waals surface area contributed by atoms with Crippen LogP contribution in [0.5, 0.6) is 5.75 Å². The van der Waals surface area contributed by atoms with Crippen LogP contribution in [0, 0.1) is 0 Å². The Morgan fingerprint density at radius 3 is 2.37 bits per heavy atom. The van der Waals surface area contributed by atoms with Crippen LogP contribution in [0.3, 0.4) is 0 Å². The van der Waals surface area contributed by atoms with Crippen LogP contribution in [0.2, 0.25) is 0 Å². The van der Waals surface area contributed by atoms with Crippen LogP contribution in [0.25, 0.3) is 16.6 Å². The molecule has 30 heavy (non-hydrogen) atoms. The number of thiocarbonyl (C=S) groups is 1. The first-order valence-corrected chi connectivity index (χ1v) is 10.0. The summed E-state index contributed by atoms with van der Waals surface area (Å²) in [6, 6.07) is 24.9. The number of anilines is 1. The summed E-state index contributed by atoms with van der Waals surface area (Å²) >= 11 is 5.48. The summed E-state index contributed by atoms with van der Waals surface area (Å²) in [5, 5.41) is 7.94. The number of methoxy groups -OCH3 is 1. The average molecular weight is 414 g/mol. The second-order valence-corrected chi connectivity index (χ2v) is 7.49. The lowest BCUT2D eigenvalue weighted by molar-refractivity contribution is 0.414. The fraction of sp³-hybridized carbons (Fsp3) is 0.0833. The van der Waals surface area contributed by atoms with Crippen LogP contribution in [-0.4, -0.2) is 16.8 Å². The van der Waals surface area contributed by atoms with Gasteiger partial charge in [0, 0.05) is 11.1 Å². The second-order valence-electron chi connectivity index (χ2n) is 7.09. The molecule has 6 heteroatoms. The first kappa shape index (κ1) is 18.4. The van der Waals surface area contributed by atoms with E-state index < -0.39 is 0 Å². The highest BCUT2D eigenvalue weighted by atomic mass is 32.1. The van der Waals surface area contributed by atoms with E-state index in [4.69, 9.17) is 17.0 Å². The maximum absolute atomic E-state index is 13.9. The van der Waals surface area contributed by atoms with Crippen molar-refractivity contribution in [1.82, 2.24) is 9.88 Å². The standard InChI is InChI=1S/C24H19N3O2S/c1-29-17-13-11-15(12-14-17)21-20-22(26-24(30)25-21)18-9-5-6-10-19(18)27(23(20)28)16-7-3-2-4-8-16/h2-14,21H,1H3,(H2,25,26,30). The number of benzene rings is 3. The molecule has 1 aliphatic heterocycles. The van der Waals surface area contributed by atoms with E-state index in [0.717, 1.165) is 33.6 Å². The van der Waals surface area contributed by atoms with Gasteiger partial charge in [0.1, 0.15) is 5.75 Å². The van der Waals surface area contributed by atoms with E-state index in [1.165, 1.54) is 0 Å². The first-order chi connectivity index (χ1) is 14.7. The Morgan fingerprint density at radius 1 is 0.933 bits per heavy atom. The molecular formula is C24H19N3O2S. The lowest BCUT2D eigenvalue weighted by Gasteiger charge is -2.31. The molecule has 0 saturated carbocycles. The van der Waals surface area contributed by atoms with Crippen molar-refractivity contribution in [3.05, 3.63) is 100 Å². The van der Waals surface area contributed by atoms with E-state index >= 15 is 0 Å². The Bertz CT molecular complexity index is 1310. The quantitative estimate of drug-likeness (QED) is 0.488. The van der Waals surface area contributed by atoms with Crippen molar-refractivity contribution in [3.63, 3.8) is 0 Å². The van der Waals surface area contributed by atoms with Crippen molar-refractivity contribution >= 4 is 33.9 Å². The monoisotopic (exact) mass is 413 g/mol. The number of pyridine rings is 1. The van der Waals surface area contributed by atoms with E-state index in [0.29, 0.717) is 10.7 Å². The minimum Gasteiger partial charge on any atom is -0.497 e. The molecule has 0 radical (unpaired) electrons. The summed E-state index contributed by atoms with van der Waals surface area (Å²) in [6.45, 7) is 0. The number of rotatable bonds is 3. The van der Waals surface area contributed by atoms with Crippen LogP contribution >= 0.6 is 12.2 Å². The average Bonchev–Trinajstić information content (AvgIpc) is 2.79. The third-order valence-corrected chi connectivity index (χ3v) is 5.60. The second kappa shape index (κ2) is 7.31. The van der Waals surface area contributed by atoms with Crippen LogP contribution in [0.15, 0.2) is 83.7 Å². The lowest BCUT2D eigenvalue weighted by atomic mass is 9.94. The predicted octanol–water partition coefficient (Wildman–Crippen LogP) is 4.39. The van der Waals surface area contributed by atoms with Crippen molar-refractivity contribution in [3.8, 4) is 11.4 Å². The zero-order chi connectivity index (χ0) is 20.7. The number of nitrogens with one attached hydrogen (secondary N) is 2. The Hall–Kier alpha value is -3.64. The molecule has 2 N–H and O–H groups in total. The Labute approximate surface area is 178 Å². The van der Waals surface area contributed by atoms with Gasteiger partial charge in [-0.15, -0.1) is 0 Å². The van der Waals surface area contributed by atoms with Gasteiger partial charge in [0.15, 0.2) is 5.11 Å². The summed E-state index contributed by atoms with van der Waals surface area (Å²) < 4.78 is 7.05. The van der Waals surface area contributed by atoms with Crippen molar-refractivity contribution in [1.29, 1.82) is 0 Å². The molecule has 0 bridgehead atoms. The third kappa shape index (κ3) is 2.93. The van der Waals surface area contributed by atoms with Crippen LogP contribution in [0.1, 0.15) is 17.2 Å². The molecule has 5 nitrogen and oxygen atoms in total. The SMILES string of the molecule is COc1ccc(C2NC(=S)Nc3c2c(=O)n(-c2ccccc2)c2ccccc32)cc1. The third-order valence-electron chi connectivity index (χ3n) is 5.38. The molecule has 1 aromatic heterocycles. The van der Waals surface area contributed by atoms with Gasteiger partial charge >= 0.3 is 0 Å². The molecule has 0 spiro atoms. The van der Waals surface area contributed by atoms with E-state index in [1.54, 1.807) is 11.7 Å². The van der Waals surface area contributed by atoms with E-state index in [2.05, 4.69) is 10.6 Å². The van der Waals surface area contributed by atoms with Crippen molar-refractivity contribution in [2.24, 2.45) is 0 Å². The molecule has 0 amide bonds. The number of aromatic nitrogens is 1. The predicted molar refractivity (Wildman–Crippen MR) is 124 cm³/mol. The zero-order valence-corrected chi connectivity index (χ0v) is 17.1. The zero-order valence-electron chi connectivity index (χ0n) is 16.3. The van der Waals surface area contributed by atoms with Gasteiger partial charge in [-0.3, -0.25) is 9.36 Å². The van der Waals surface area contributed by atoms with E-state index in [9.17, 15) is 4.79 Å². The fourth-order valence-electron chi connectivity index (χ4n) is 4.00. The van der Waals surface area contributed by atoms with Gasteiger partial charge in [-0.25, -0.2) is 0 Å². The molecular weight excluding hydrogens is 394 g/mol. The lowest BCUT2D eigenvalue weighted by Crippen LogP contribution is -2.42. The topological polar surface area (TPSA) is 55.3 Å². The van der Waals surface area contributed by atoms with Gasteiger partial charge in [0.25, 0.3) is 5.56 Å². The van der Waals surface area contributed by atoms with E-state index in [-0.39, 0.29) is 11.6 Å². The van der Waals surface area contributed by atoms with Gasteiger partial charge in [-0.2, -0.15) is 0 Å². The van der Waals surface area contributed by atoms with Gasteiger partial charge in [0.05, 0.1) is 29.9 Å². The molecule has 1 aliphatic rings. The molecule has 3 aromatic carbocycles. The highest BCUT2D eigenvalue weighted by molar-refractivity contribution is 7.80. The molecule has 1 unspecified atom stereocenters.